The van der Waals surface area contributed by atoms with E-state index in [-0.39, 0.29) is 6.03 Å². The van der Waals surface area contributed by atoms with Crippen LogP contribution in [0.25, 0.3) is 0 Å². The zero-order chi connectivity index (χ0) is 14.6. The molecule has 0 radical (unpaired) electrons. The van der Waals surface area contributed by atoms with E-state index in [0.29, 0.717) is 24.0 Å². The first-order valence-corrected chi connectivity index (χ1v) is 7.58. The van der Waals surface area contributed by atoms with E-state index < -0.39 is 0 Å². The third-order valence-electron chi connectivity index (χ3n) is 4.07. The second-order valence-electron chi connectivity index (χ2n) is 6.61. The maximum atomic E-state index is 12.2. The minimum Gasteiger partial charge on any atom is -0.334 e. The third-order valence-corrected chi connectivity index (χ3v) is 4.07. The van der Waals surface area contributed by atoms with E-state index in [1.54, 1.807) is 0 Å². The molecule has 4 nitrogen and oxygen atoms in total. The van der Waals surface area contributed by atoms with Gasteiger partial charge < -0.3 is 10.2 Å². The molecule has 0 aromatic rings. The summed E-state index contributed by atoms with van der Waals surface area (Å²) in [5.41, 5.74) is 0. The Morgan fingerprint density at radius 2 is 1.95 bits per heavy atom. The number of urea groups is 1. The molecule has 4 heteroatoms. The van der Waals surface area contributed by atoms with Gasteiger partial charge in [0.15, 0.2) is 0 Å². The largest absolute Gasteiger partial charge is 0.334 e. The van der Waals surface area contributed by atoms with Gasteiger partial charge in [-0.05, 0) is 39.5 Å². The van der Waals surface area contributed by atoms with Crippen molar-refractivity contribution in [2.75, 3.05) is 20.1 Å². The summed E-state index contributed by atoms with van der Waals surface area (Å²) in [6.45, 7) is 13.0. The molecule has 2 unspecified atom stereocenters. The van der Waals surface area contributed by atoms with E-state index in [9.17, 15) is 4.79 Å². The molecule has 1 aliphatic heterocycles. The van der Waals surface area contributed by atoms with E-state index in [2.05, 4.69) is 44.8 Å². The molecular weight excluding hydrogens is 238 g/mol. The van der Waals surface area contributed by atoms with Crippen molar-refractivity contribution >= 4 is 6.03 Å². The molecule has 1 saturated heterocycles. The fourth-order valence-electron chi connectivity index (χ4n) is 2.69. The minimum absolute atomic E-state index is 0.0729. The summed E-state index contributed by atoms with van der Waals surface area (Å²) in [7, 11) is 1.90. The van der Waals surface area contributed by atoms with Gasteiger partial charge in [0.25, 0.3) is 0 Å². The topological polar surface area (TPSA) is 35.6 Å². The number of hydrogen-bond donors (Lipinski definition) is 1. The van der Waals surface area contributed by atoms with Gasteiger partial charge in [-0.2, -0.15) is 0 Å². The molecule has 2 atom stereocenters. The van der Waals surface area contributed by atoms with Crippen LogP contribution in [0.15, 0.2) is 0 Å². The van der Waals surface area contributed by atoms with Gasteiger partial charge in [0, 0.05) is 38.3 Å². The van der Waals surface area contributed by atoms with Crippen molar-refractivity contribution in [3.05, 3.63) is 0 Å². The van der Waals surface area contributed by atoms with Crippen molar-refractivity contribution < 1.29 is 4.79 Å². The Kier molecular flexibility index (Phi) is 6.11. The summed E-state index contributed by atoms with van der Waals surface area (Å²) in [5, 5.41) is 3.16. The van der Waals surface area contributed by atoms with Crippen LogP contribution in [0, 0.1) is 5.92 Å². The molecule has 19 heavy (non-hydrogen) atoms. The average molecular weight is 269 g/mol. The predicted molar refractivity (Wildman–Crippen MR) is 80.3 cm³/mol. The Morgan fingerprint density at radius 3 is 2.42 bits per heavy atom. The number of nitrogens with one attached hydrogen (secondary N) is 1. The SMILES string of the molecule is CC(C)CC(C)N(C)C(=O)NC1CCN(C(C)C)C1. The Balaban J connectivity index is 2.38. The fraction of sp³-hybridized carbons (Fsp3) is 0.933. The average Bonchev–Trinajstić information content (AvgIpc) is 2.75. The highest BCUT2D eigenvalue weighted by Crippen LogP contribution is 2.14. The lowest BCUT2D eigenvalue weighted by Crippen LogP contribution is -2.47. The van der Waals surface area contributed by atoms with Crippen LogP contribution in [0.2, 0.25) is 0 Å². The summed E-state index contributed by atoms with van der Waals surface area (Å²) < 4.78 is 0. The maximum absolute atomic E-state index is 12.2. The van der Waals surface area contributed by atoms with Crippen LogP contribution in [0.4, 0.5) is 4.79 Å². The predicted octanol–water partition coefficient (Wildman–Crippen LogP) is 2.55. The molecule has 0 saturated carbocycles. The summed E-state index contributed by atoms with van der Waals surface area (Å²) in [6, 6.07) is 1.24. The second kappa shape index (κ2) is 7.13. The van der Waals surface area contributed by atoms with Crippen LogP contribution in [-0.4, -0.2) is 54.1 Å². The number of hydrogen-bond acceptors (Lipinski definition) is 2. The Labute approximate surface area is 118 Å². The van der Waals surface area contributed by atoms with Gasteiger partial charge in [-0.25, -0.2) is 4.79 Å². The van der Waals surface area contributed by atoms with E-state index in [0.717, 1.165) is 25.9 Å². The smallest absolute Gasteiger partial charge is 0.317 e. The van der Waals surface area contributed by atoms with Crippen LogP contribution in [0.5, 0.6) is 0 Å². The van der Waals surface area contributed by atoms with Gasteiger partial charge in [-0.1, -0.05) is 13.8 Å². The zero-order valence-electron chi connectivity index (χ0n) is 13.4. The highest BCUT2D eigenvalue weighted by molar-refractivity contribution is 5.74. The van der Waals surface area contributed by atoms with E-state index in [1.807, 2.05) is 11.9 Å². The van der Waals surface area contributed by atoms with Crippen molar-refractivity contribution in [2.45, 2.75) is 65.6 Å². The van der Waals surface area contributed by atoms with Crippen LogP contribution in [0.3, 0.4) is 0 Å². The summed E-state index contributed by atoms with van der Waals surface area (Å²) in [5.74, 6) is 0.619. The first-order chi connectivity index (χ1) is 8.81. The van der Waals surface area contributed by atoms with Crippen molar-refractivity contribution in [2.24, 2.45) is 5.92 Å². The quantitative estimate of drug-likeness (QED) is 0.832. The van der Waals surface area contributed by atoms with Crippen molar-refractivity contribution in [3.63, 3.8) is 0 Å². The number of amides is 2. The van der Waals surface area contributed by atoms with Gasteiger partial charge in [0.05, 0.1) is 0 Å². The lowest BCUT2D eigenvalue weighted by Gasteiger charge is -2.28. The number of nitrogens with zero attached hydrogens (tertiary/aromatic N) is 2. The summed E-state index contributed by atoms with van der Waals surface area (Å²) in [6.07, 6.45) is 2.11. The molecule has 0 bridgehead atoms. The van der Waals surface area contributed by atoms with Gasteiger partial charge in [-0.3, -0.25) is 4.90 Å². The van der Waals surface area contributed by atoms with Crippen molar-refractivity contribution in [1.82, 2.24) is 15.1 Å². The molecule has 0 aromatic heterocycles. The Morgan fingerprint density at radius 1 is 1.32 bits per heavy atom. The highest BCUT2D eigenvalue weighted by atomic mass is 16.2. The van der Waals surface area contributed by atoms with Gasteiger partial charge in [0.1, 0.15) is 0 Å². The molecule has 2 amide bonds. The molecule has 112 valence electrons. The minimum atomic E-state index is 0.0729. The van der Waals surface area contributed by atoms with Gasteiger partial charge >= 0.3 is 6.03 Å². The van der Waals surface area contributed by atoms with Crippen LogP contribution >= 0.6 is 0 Å². The Bertz CT molecular complexity index is 291. The molecule has 1 fully saturated rings. The van der Waals surface area contributed by atoms with E-state index >= 15 is 0 Å². The maximum Gasteiger partial charge on any atom is 0.317 e. The normalized spacial score (nSPS) is 22.0. The summed E-state index contributed by atoms with van der Waals surface area (Å²) >= 11 is 0. The standard InChI is InChI=1S/C15H31N3O/c1-11(2)9-13(5)17(6)15(19)16-14-7-8-18(10-14)12(3)4/h11-14H,7-10H2,1-6H3,(H,16,19). The number of carbonyl (C=O) groups excluding carboxylic acids is 1. The molecule has 1 heterocycles. The first-order valence-electron chi connectivity index (χ1n) is 7.58. The van der Waals surface area contributed by atoms with Crippen LogP contribution < -0.4 is 5.32 Å². The molecule has 0 aromatic carbocycles. The van der Waals surface area contributed by atoms with Crippen LogP contribution in [-0.2, 0) is 0 Å². The summed E-state index contributed by atoms with van der Waals surface area (Å²) in [4.78, 5) is 16.5. The molecule has 0 aliphatic carbocycles. The highest BCUT2D eigenvalue weighted by Gasteiger charge is 2.27. The molecule has 1 aliphatic rings. The van der Waals surface area contributed by atoms with Gasteiger partial charge in [-0.15, -0.1) is 0 Å². The molecule has 0 spiro atoms. The second-order valence-corrected chi connectivity index (χ2v) is 6.61. The number of rotatable bonds is 5. The zero-order valence-corrected chi connectivity index (χ0v) is 13.4. The molecule has 1 N–H and O–H groups in total. The molecule has 1 rings (SSSR count). The Hall–Kier alpha value is -0.770. The lowest BCUT2D eigenvalue weighted by atomic mass is 10.0. The fourth-order valence-corrected chi connectivity index (χ4v) is 2.69. The third kappa shape index (κ3) is 5.01. The monoisotopic (exact) mass is 269 g/mol. The first kappa shape index (κ1) is 16.3. The number of carbonyl (C=O) groups is 1. The van der Waals surface area contributed by atoms with Crippen molar-refractivity contribution in [1.29, 1.82) is 0 Å². The van der Waals surface area contributed by atoms with E-state index in [1.165, 1.54) is 0 Å². The van der Waals surface area contributed by atoms with Crippen molar-refractivity contribution in [3.8, 4) is 0 Å². The van der Waals surface area contributed by atoms with E-state index in [4.69, 9.17) is 0 Å². The van der Waals surface area contributed by atoms with Crippen LogP contribution in [0.1, 0.15) is 47.5 Å². The van der Waals surface area contributed by atoms with Gasteiger partial charge in [0.2, 0.25) is 0 Å². The molecular formula is C15H31N3O. The number of likely N-dealkylation sites (tertiary alicyclic amines) is 1. The lowest BCUT2D eigenvalue weighted by molar-refractivity contribution is 0.182.